The van der Waals surface area contributed by atoms with Crippen LogP contribution in [-0.2, 0) is 22.3 Å². The van der Waals surface area contributed by atoms with E-state index in [1.807, 2.05) is 0 Å². The van der Waals surface area contributed by atoms with Gasteiger partial charge in [0.1, 0.15) is 0 Å². The van der Waals surface area contributed by atoms with E-state index in [1.165, 1.54) is 44.5 Å². The fraction of sp³-hybridized carbons (Fsp3) is 0.417. The third-order valence-corrected chi connectivity index (χ3v) is 4.94. The zero-order chi connectivity index (χ0) is 19.1. The predicted molar refractivity (Wildman–Crippen MR) is 110 cm³/mol. The van der Waals surface area contributed by atoms with Crippen molar-refractivity contribution in [1.82, 2.24) is 0 Å². The van der Waals surface area contributed by atoms with E-state index < -0.39 is 0 Å². The van der Waals surface area contributed by atoms with E-state index in [1.54, 1.807) is 14.2 Å². The molecule has 0 unspecified atom stereocenters. The fourth-order valence-electron chi connectivity index (χ4n) is 3.45. The molecule has 0 radical (unpaired) electrons. The topological polar surface area (TPSA) is 18.5 Å². The lowest BCUT2D eigenvalue weighted by Gasteiger charge is -2.18. The molecule has 0 spiro atoms. The van der Waals surface area contributed by atoms with Crippen LogP contribution in [-0.4, -0.2) is 27.4 Å². The van der Waals surface area contributed by atoms with Gasteiger partial charge in [-0.25, -0.2) is 0 Å². The summed E-state index contributed by atoms with van der Waals surface area (Å²) in [6.07, 6.45) is 1.81. The van der Waals surface area contributed by atoms with Crippen molar-refractivity contribution in [2.24, 2.45) is 0 Å². The second-order valence-corrected chi connectivity index (χ2v) is 7.29. The Morgan fingerprint density at radius 3 is 1.35 bits per heavy atom. The van der Waals surface area contributed by atoms with Gasteiger partial charge in [0.2, 0.25) is 0 Å². The second kappa shape index (κ2) is 9.70. The van der Waals surface area contributed by atoms with Crippen LogP contribution in [0.1, 0.15) is 33.4 Å². The van der Waals surface area contributed by atoms with Crippen LogP contribution in [0.5, 0.6) is 0 Å². The van der Waals surface area contributed by atoms with Crippen LogP contribution in [0.25, 0.3) is 0 Å². The average Bonchev–Trinajstić information content (AvgIpc) is 2.58. The van der Waals surface area contributed by atoms with Crippen LogP contribution in [0.4, 0.5) is 0 Å². The molecule has 0 saturated carbocycles. The lowest BCUT2D eigenvalue weighted by atomic mass is 9.92. The van der Waals surface area contributed by atoms with E-state index in [-0.39, 0.29) is 0 Å². The number of hydrogen-bond acceptors (Lipinski definition) is 2. The maximum atomic E-state index is 5.54. The van der Waals surface area contributed by atoms with Gasteiger partial charge in [-0.2, -0.15) is 0 Å². The van der Waals surface area contributed by atoms with Crippen molar-refractivity contribution in [3.05, 3.63) is 80.9 Å². The Hall–Kier alpha value is -1.90. The van der Waals surface area contributed by atoms with E-state index in [0.29, 0.717) is 13.2 Å². The molecule has 2 rings (SSSR count). The Balaban J connectivity index is 2.38. The maximum absolute atomic E-state index is 5.54. The summed E-state index contributed by atoms with van der Waals surface area (Å²) >= 11 is 0. The Morgan fingerprint density at radius 1 is 0.654 bits per heavy atom. The zero-order valence-corrected chi connectivity index (χ0v) is 17.1. The summed E-state index contributed by atoms with van der Waals surface area (Å²) in [4.78, 5) is 0. The average molecular weight is 353 g/mol. The summed E-state index contributed by atoms with van der Waals surface area (Å²) in [6, 6.07) is 13.4. The van der Waals surface area contributed by atoms with Gasteiger partial charge in [0.15, 0.2) is 0 Å². The number of hydrogen-bond donors (Lipinski definition) is 0. The van der Waals surface area contributed by atoms with Gasteiger partial charge < -0.3 is 9.47 Å². The molecular formula is C24H32O2. The first-order valence-electron chi connectivity index (χ1n) is 9.24. The van der Waals surface area contributed by atoms with Crippen LogP contribution < -0.4 is 0 Å². The lowest BCUT2D eigenvalue weighted by Crippen LogP contribution is -2.11. The number of methoxy groups -OCH3 is 2. The van der Waals surface area contributed by atoms with Crippen LogP contribution in [0.2, 0.25) is 0 Å². The SMILES string of the molecule is COC/C(Cc1ccc(C)cc1C)=C(\COC)Cc1ccc(C)cc1C. The van der Waals surface area contributed by atoms with Gasteiger partial charge in [-0.1, -0.05) is 47.5 Å². The summed E-state index contributed by atoms with van der Waals surface area (Å²) in [5.41, 5.74) is 10.6. The summed E-state index contributed by atoms with van der Waals surface area (Å²) in [5.74, 6) is 0. The molecule has 2 heteroatoms. The van der Waals surface area contributed by atoms with E-state index in [0.717, 1.165) is 12.8 Å². The highest BCUT2D eigenvalue weighted by molar-refractivity contribution is 5.38. The van der Waals surface area contributed by atoms with Crippen LogP contribution >= 0.6 is 0 Å². The normalized spacial score (nSPS) is 12.2. The minimum Gasteiger partial charge on any atom is -0.380 e. The van der Waals surface area contributed by atoms with Crippen molar-refractivity contribution < 1.29 is 9.47 Å². The first-order valence-corrected chi connectivity index (χ1v) is 9.24. The third kappa shape index (κ3) is 5.55. The molecule has 2 aromatic rings. The van der Waals surface area contributed by atoms with Gasteiger partial charge in [-0.3, -0.25) is 0 Å². The molecule has 0 fully saturated rings. The number of benzene rings is 2. The molecule has 2 nitrogen and oxygen atoms in total. The lowest BCUT2D eigenvalue weighted by molar-refractivity contribution is 0.208. The largest absolute Gasteiger partial charge is 0.380 e. The number of ether oxygens (including phenoxy) is 2. The minimum atomic E-state index is 0.636. The highest BCUT2D eigenvalue weighted by Crippen LogP contribution is 2.22. The molecule has 26 heavy (non-hydrogen) atoms. The van der Waals surface area contributed by atoms with Gasteiger partial charge in [0.25, 0.3) is 0 Å². The van der Waals surface area contributed by atoms with Crippen LogP contribution in [0.15, 0.2) is 47.5 Å². The number of aryl methyl sites for hydroxylation is 4. The van der Waals surface area contributed by atoms with E-state index in [4.69, 9.17) is 9.47 Å². The zero-order valence-electron chi connectivity index (χ0n) is 17.1. The fourth-order valence-corrected chi connectivity index (χ4v) is 3.45. The Kier molecular flexibility index (Phi) is 7.62. The van der Waals surface area contributed by atoms with Gasteiger partial charge >= 0.3 is 0 Å². The monoisotopic (exact) mass is 352 g/mol. The van der Waals surface area contributed by atoms with E-state index >= 15 is 0 Å². The molecule has 0 bridgehead atoms. The standard InChI is InChI=1S/C24H32O2/c1-17-7-9-21(19(3)11-17)13-23(15-25-5)24(16-26-6)14-22-10-8-18(2)12-20(22)4/h7-12H,13-16H2,1-6H3/b24-23-. The van der Waals surface area contributed by atoms with Crippen molar-refractivity contribution in [3.63, 3.8) is 0 Å². The Morgan fingerprint density at radius 2 is 1.04 bits per heavy atom. The minimum absolute atomic E-state index is 0.636. The molecular weight excluding hydrogens is 320 g/mol. The quantitative estimate of drug-likeness (QED) is 0.601. The molecule has 140 valence electrons. The Labute approximate surface area is 158 Å². The Bertz CT molecular complexity index is 706. The van der Waals surface area contributed by atoms with Gasteiger partial charge in [0.05, 0.1) is 13.2 Å². The summed E-state index contributed by atoms with van der Waals surface area (Å²) in [6.45, 7) is 9.92. The highest BCUT2D eigenvalue weighted by Gasteiger charge is 2.12. The first-order chi connectivity index (χ1) is 12.4. The van der Waals surface area contributed by atoms with Crippen molar-refractivity contribution in [1.29, 1.82) is 0 Å². The molecule has 2 aromatic carbocycles. The second-order valence-electron chi connectivity index (χ2n) is 7.29. The molecule has 0 amide bonds. The van der Waals surface area contributed by atoms with E-state index in [9.17, 15) is 0 Å². The third-order valence-electron chi connectivity index (χ3n) is 4.94. The van der Waals surface area contributed by atoms with Crippen molar-refractivity contribution >= 4 is 0 Å². The van der Waals surface area contributed by atoms with Gasteiger partial charge in [-0.15, -0.1) is 0 Å². The van der Waals surface area contributed by atoms with Crippen molar-refractivity contribution in [3.8, 4) is 0 Å². The smallest absolute Gasteiger partial charge is 0.0679 e. The van der Waals surface area contributed by atoms with Gasteiger partial charge in [-0.05, 0) is 73.9 Å². The molecule has 0 atom stereocenters. The van der Waals surface area contributed by atoms with Gasteiger partial charge in [0, 0.05) is 14.2 Å². The van der Waals surface area contributed by atoms with Crippen molar-refractivity contribution in [2.45, 2.75) is 40.5 Å². The molecule has 0 heterocycles. The molecule has 0 aliphatic rings. The molecule has 0 N–H and O–H groups in total. The van der Waals surface area contributed by atoms with Crippen molar-refractivity contribution in [2.75, 3.05) is 27.4 Å². The number of rotatable bonds is 8. The van der Waals surface area contributed by atoms with Crippen LogP contribution in [0, 0.1) is 27.7 Å². The highest BCUT2D eigenvalue weighted by atomic mass is 16.5. The molecule has 0 aliphatic heterocycles. The molecule has 0 aromatic heterocycles. The first kappa shape index (κ1) is 20.4. The summed E-state index contributed by atoms with van der Waals surface area (Å²) < 4.78 is 11.1. The summed E-state index contributed by atoms with van der Waals surface area (Å²) in [7, 11) is 3.53. The van der Waals surface area contributed by atoms with Crippen LogP contribution in [0.3, 0.4) is 0 Å². The molecule has 0 saturated heterocycles. The maximum Gasteiger partial charge on any atom is 0.0679 e. The molecule has 0 aliphatic carbocycles. The predicted octanol–water partition coefficient (Wildman–Crippen LogP) is 5.29. The summed E-state index contributed by atoms with van der Waals surface area (Å²) in [5, 5.41) is 0. The van der Waals surface area contributed by atoms with E-state index in [2.05, 4.69) is 64.1 Å².